The third-order valence-electron chi connectivity index (χ3n) is 2.99. The molecule has 0 radical (unpaired) electrons. The lowest BCUT2D eigenvalue weighted by molar-refractivity contribution is -0.137. The van der Waals surface area contributed by atoms with Crippen LogP contribution in [0.25, 0.3) is 0 Å². The van der Waals surface area contributed by atoms with Crippen LogP contribution in [0.2, 0.25) is 5.02 Å². The number of anilines is 1. The third-order valence-corrected chi connectivity index (χ3v) is 3.32. The SMILES string of the molecule is O=C(CC1COCCN1)Nc1ccc(Cl)c(C(F)(F)F)c1. The van der Waals surface area contributed by atoms with E-state index in [1.54, 1.807) is 0 Å². The number of carbonyl (C=O) groups excluding carboxylic acids is 1. The number of carbonyl (C=O) groups is 1. The second kappa shape index (κ2) is 6.64. The molecule has 2 N–H and O–H groups in total. The lowest BCUT2D eigenvalue weighted by atomic mass is 10.1. The van der Waals surface area contributed by atoms with Crippen molar-refractivity contribution < 1.29 is 22.7 Å². The third kappa shape index (κ3) is 4.59. The van der Waals surface area contributed by atoms with Gasteiger partial charge in [0.05, 0.1) is 23.8 Å². The molecule has 1 fully saturated rings. The summed E-state index contributed by atoms with van der Waals surface area (Å²) in [4.78, 5) is 11.8. The van der Waals surface area contributed by atoms with Crippen molar-refractivity contribution >= 4 is 23.2 Å². The predicted octanol–water partition coefficient (Wildman–Crippen LogP) is 2.68. The summed E-state index contributed by atoms with van der Waals surface area (Å²) >= 11 is 5.51. The van der Waals surface area contributed by atoms with E-state index in [4.69, 9.17) is 16.3 Å². The van der Waals surface area contributed by atoms with Gasteiger partial charge in [0.2, 0.25) is 5.91 Å². The van der Waals surface area contributed by atoms with Crippen LogP contribution in [0.15, 0.2) is 18.2 Å². The van der Waals surface area contributed by atoms with E-state index in [1.165, 1.54) is 6.07 Å². The van der Waals surface area contributed by atoms with Crippen molar-refractivity contribution in [2.24, 2.45) is 0 Å². The minimum atomic E-state index is -4.56. The maximum absolute atomic E-state index is 12.7. The van der Waals surface area contributed by atoms with Gasteiger partial charge in [0.1, 0.15) is 0 Å². The van der Waals surface area contributed by atoms with Gasteiger partial charge in [-0.2, -0.15) is 13.2 Å². The summed E-state index contributed by atoms with van der Waals surface area (Å²) < 4.78 is 43.3. The van der Waals surface area contributed by atoms with Gasteiger partial charge in [-0.3, -0.25) is 4.79 Å². The fourth-order valence-corrected chi connectivity index (χ4v) is 2.23. The molecule has 1 aliphatic heterocycles. The topological polar surface area (TPSA) is 50.4 Å². The van der Waals surface area contributed by atoms with Crippen molar-refractivity contribution in [2.75, 3.05) is 25.1 Å². The molecule has 1 heterocycles. The maximum Gasteiger partial charge on any atom is 0.417 e. The standard InChI is InChI=1S/C13H14ClF3N2O2/c14-11-2-1-8(5-10(11)13(15,16)17)19-12(20)6-9-7-21-4-3-18-9/h1-2,5,9,18H,3-4,6-7H2,(H,19,20). The zero-order valence-corrected chi connectivity index (χ0v) is 11.7. The second-order valence-corrected chi connectivity index (χ2v) is 5.08. The highest BCUT2D eigenvalue weighted by molar-refractivity contribution is 6.31. The normalized spacial score (nSPS) is 19.3. The van der Waals surface area contributed by atoms with Crippen molar-refractivity contribution in [3.05, 3.63) is 28.8 Å². The average molecular weight is 323 g/mol. The number of alkyl halides is 3. The number of benzene rings is 1. The van der Waals surface area contributed by atoms with Crippen LogP contribution in [0.1, 0.15) is 12.0 Å². The molecule has 1 atom stereocenters. The molecule has 4 nitrogen and oxygen atoms in total. The van der Waals surface area contributed by atoms with Gasteiger partial charge in [-0.15, -0.1) is 0 Å². The van der Waals surface area contributed by atoms with Gasteiger partial charge in [-0.25, -0.2) is 0 Å². The van der Waals surface area contributed by atoms with Crippen LogP contribution in [-0.2, 0) is 15.7 Å². The maximum atomic E-state index is 12.7. The van der Waals surface area contributed by atoms with Crippen LogP contribution in [0.5, 0.6) is 0 Å². The first kappa shape index (κ1) is 16.1. The molecule has 1 aliphatic rings. The molecule has 1 aromatic rings. The number of hydrogen-bond donors (Lipinski definition) is 2. The molecule has 1 aromatic carbocycles. The van der Waals surface area contributed by atoms with Gasteiger partial charge in [0, 0.05) is 24.7 Å². The molecular weight excluding hydrogens is 309 g/mol. The highest BCUT2D eigenvalue weighted by Gasteiger charge is 2.33. The van der Waals surface area contributed by atoms with Crippen LogP contribution in [0, 0.1) is 0 Å². The van der Waals surface area contributed by atoms with E-state index >= 15 is 0 Å². The van der Waals surface area contributed by atoms with E-state index in [9.17, 15) is 18.0 Å². The summed E-state index contributed by atoms with van der Waals surface area (Å²) in [5.74, 6) is -0.381. The van der Waals surface area contributed by atoms with E-state index in [2.05, 4.69) is 10.6 Å². The molecule has 0 bridgehead atoms. The number of hydrogen-bond acceptors (Lipinski definition) is 3. The lowest BCUT2D eigenvalue weighted by Gasteiger charge is -2.23. The first-order valence-corrected chi connectivity index (χ1v) is 6.72. The zero-order chi connectivity index (χ0) is 15.5. The number of ether oxygens (including phenoxy) is 1. The Morgan fingerprint density at radius 3 is 2.86 bits per heavy atom. The number of halogens is 4. The Labute approximate surface area is 124 Å². The Balaban J connectivity index is 2.00. The van der Waals surface area contributed by atoms with E-state index < -0.39 is 16.8 Å². The summed E-state index contributed by atoms with van der Waals surface area (Å²) in [7, 11) is 0. The number of rotatable bonds is 3. The first-order valence-electron chi connectivity index (χ1n) is 6.34. The fourth-order valence-electron chi connectivity index (χ4n) is 2.01. The monoisotopic (exact) mass is 322 g/mol. The highest BCUT2D eigenvalue weighted by atomic mass is 35.5. The van der Waals surface area contributed by atoms with Crippen LogP contribution >= 0.6 is 11.6 Å². The Morgan fingerprint density at radius 2 is 2.24 bits per heavy atom. The van der Waals surface area contributed by atoms with E-state index in [1.807, 2.05) is 0 Å². The molecule has 0 aliphatic carbocycles. The molecule has 0 spiro atoms. The summed E-state index contributed by atoms with van der Waals surface area (Å²) in [6.07, 6.45) is -4.43. The van der Waals surface area contributed by atoms with E-state index in [0.29, 0.717) is 19.8 Å². The highest BCUT2D eigenvalue weighted by Crippen LogP contribution is 2.36. The van der Waals surface area contributed by atoms with Crippen LogP contribution < -0.4 is 10.6 Å². The van der Waals surface area contributed by atoms with Crippen LogP contribution in [0.4, 0.5) is 18.9 Å². The second-order valence-electron chi connectivity index (χ2n) is 4.67. The van der Waals surface area contributed by atoms with Crippen molar-refractivity contribution in [2.45, 2.75) is 18.6 Å². The van der Waals surface area contributed by atoms with Crippen molar-refractivity contribution in [3.63, 3.8) is 0 Å². The molecule has 1 saturated heterocycles. The van der Waals surface area contributed by atoms with Gasteiger partial charge in [-0.05, 0) is 18.2 Å². The zero-order valence-electron chi connectivity index (χ0n) is 11.0. The van der Waals surface area contributed by atoms with Crippen molar-refractivity contribution in [1.82, 2.24) is 5.32 Å². The van der Waals surface area contributed by atoms with Gasteiger partial charge in [-0.1, -0.05) is 11.6 Å². The van der Waals surface area contributed by atoms with Crippen molar-refractivity contribution in [1.29, 1.82) is 0 Å². The molecule has 2 rings (SSSR count). The molecule has 1 amide bonds. The quantitative estimate of drug-likeness (QED) is 0.899. The van der Waals surface area contributed by atoms with E-state index in [0.717, 1.165) is 12.1 Å². The summed E-state index contributed by atoms with van der Waals surface area (Å²) in [6.45, 7) is 1.64. The summed E-state index contributed by atoms with van der Waals surface area (Å²) in [5.41, 5.74) is -0.908. The van der Waals surface area contributed by atoms with Gasteiger partial charge in [0.15, 0.2) is 0 Å². The fraction of sp³-hybridized carbons (Fsp3) is 0.462. The largest absolute Gasteiger partial charge is 0.417 e. The summed E-state index contributed by atoms with van der Waals surface area (Å²) in [5, 5.41) is 5.13. The summed E-state index contributed by atoms with van der Waals surface area (Å²) in [6, 6.07) is 3.14. The predicted molar refractivity (Wildman–Crippen MR) is 72.3 cm³/mol. The minimum absolute atomic E-state index is 0.0634. The lowest BCUT2D eigenvalue weighted by Crippen LogP contribution is -2.43. The average Bonchev–Trinajstić information content (AvgIpc) is 2.41. The molecular formula is C13H14ClF3N2O2. The van der Waals surface area contributed by atoms with E-state index in [-0.39, 0.29) is 24.1 Å². The van der Waals surface area contributed by atoms with Crippen molar-refractivity contribution in [3.8, 4) is 0 Å². The Bertz CT molecular complexity index is 517. The van der Waals surface area contributed by atoms with Crippen LogP contribution in [-0.4, -0.2) is 31.7 Å². The van der Waals surface area contributed by atoms with Gasteiger partial charge < -0.3 is 15.4 Å². The minimum Gasteiger partial charge on any atom is -0.378 e. The number of nitrogens with one attached hydrogen (secondary N) is 2. The Hall–Kier alpha value is -1.31. The first-order chi connectivity index (χ1) is 9.86. The molecule has 116 valence electrons. The smallest absolute Gasteiger partial charge is 0.378 e. The Kier molecular flexibility index (Phi) is 5.08. The number of morpholine rings is 1. The van der Waals surface area contributed by atoms with Crippen LogP contribution in [0.3, 0.4) is 0 Å². The molecule has 0 aromatic heterocycles. The molecule has 8 heteroatoms. The van der Waals surface area contributed by atoms with Gasteiger partial charge in [0.25, 0.3) is 0 Å². The molecule has 21 heavy (non-hydrogen) atoms. The van der Waals surface area contributed by atoms with Gasteiger partial charge >= 0.3 is 6.18 Å². The Morgan fingerprint density at radius 1 is 1.48 bits per heavy atom. The number of amides is 1. The molecule has 0 saturated carbocycles. The molecule has 1 unspecified atom stereocenters.